The first-order valence-electron chi connectivity index (χ1n) is 11.0. The summed E-state index contributed by atoms with van der Waals surface area (Å²) in [5.41, 5.74) is 1.41. The van der Waals surface area contributed by atoms with Gasteiger partial charge in [0, 0.05) is 25.2 Å². The maximum atomic E-state index is 11.9. The van der Waals surface area contributed by atoms with Crippen molar-refractivity contribution in [3.05, 3.63) is 50.4 Å². The Labute approximate surface area is 184 Å². The van der Waals surface area contributed by atoms with Gasteiger partial charge in [0.05, 0.1) is 23.8 Å². The molecule has 2 aliphatic rings. The molecule has 2 aromatic heterocycles. The standard InChI is InChI=1S/C21H26N8O3/c1-14-18(20(32)19(14)31)28-8-4-21(5-9-28)2-6-27(7-3-21)12-16(30)15-10-23-17(11-22-15)29-13-24-25-26-29/h10-11,13,16,30H,2-9,12H2,1H3. The molecule has 2 aliphatic heterocycles. The zero-order valence-corrected chi connectivity index (χ0v) is 18.0. The molecule has 1 atom stereocenters. The zero-order chi connectivity index (χ0) is 22.3. The number of hydrogen-bond donors (Lipinski definition) is 1. The first-order valence-corrected chi connectivity index (χ1v) is 11.0. The number of piperidine rings is 2. The molecule has 0 saturated carbocycles. The third-order valence-electron chi connectivity index (χ3n) is 7.19. The summed E-state index contributed by atoms with van der Waals surface area (Å²) in [5, 5.41) is 21.6. The number of hydrogen-bond acceptors (Lipinski definition) is 10. The highest BCUT2D eigenvalue weighted by Gasteiger charge is 2.39. The molecule has 2 saturated heterocycles. The van der Waals surface area contributed by atoms with Crippen molar-refractivity contribution in [3.8, 4) is 5.82 Å². The van der Waals surface area contributed by atoms with Gasteiger partial charge in [0.25, 0.3) is 0 Å². The van der Waals surface area contributed by atoms with Crippen LogP contribution in [0.3, 0.4) is 0 Å². The molecule has 0 aliphatic carbocycles. The first-order chi connectivity index (χ1) is 15.5. The van der Waals surface area contributed by atoms with Crippen LogP contribution in [-0.2, 0) is 0 Å². The molecule has 1 unspecified atom stereocenters. The lowest BCUT2D eigenvalue weighted by Crippen LogP contribution is -2.50. The van der Waals surface area contributed by atoms with Gasteiger partial charge in [0.15, 0.2) is 5.82 Å². The van der Waals surface area contributed by atoms with E-state index in [-0.39, 0.29) is 16.3 Å². The molecule has 1 spiro atoms. The van der Waals surface area contributed by atoms with Crippen molar-refractivity contribution in [1.82, 2.24) is 35.1 Å². The van der Waals surface area contributed by atoms with Crippen molar-refractivity contribution in [2.24, 2.45) is 5.41 Å². The van der Waals surface area contributed by atoms with Gasteiger partial charge in [-0.3, -0.25) is 14.6 Å². The molecule has 0 radical (unpaired) electrons. The Kier molecular flexibility index (Phi) is 5.30. The fraction of sp³-hybridized carbons (Fsp3) is 0.571. The van der Waals surface area contributed by atoms with Gasteiger partial charge in [-0.1, -0.05) is 0 Å². The highest BCUT2D eigenvalue weighted by molar-refractivity contribution is 5.58. The average Bonchev–Trinajstić information content (AvgIpc) is 3.37. The second-order valence-corrected chi connectivity index (χ2v) is 8.99. The van der Waals surface area contributed by atoms with Crippen molar-refractivity contribution in [3.63, 3.8) is 0 Å². The number of aliphatic hydroxyl groups excluding tert-OH is 1. The molecule has 3 aromatic rings. The van der Waals surface area contributed by atoms with Crippen LogP contribution in [0.15, 0.2) is 28.3 Å². The van der Waals surface area contributed by atoms with Crippen LogP contribution in [-0.4, -0.2) is 72.9 Å². The van der Waals surface area contributed by atoms with Crippen molar-refractivity contribution in [2.75, 3.05) is 37.6 Å². The number of aliphatic hydroxyl groups is 1. The summed E-state index contributed by atoms with van der Waals surface area (Å²) < 4.78 is 1.41. The molecule has 168 valence electrons. The second kappa shape index (κ2) is 8.14. The van der Waals surface area contributed by atoms with E-state index in [2.05, 4.69) is 35.3 Å². The van der Waals surface area contributed by atoms with Crippen molar-refractivity contribution in [1.29, 1.82) is 0 Å². The number of rotatable bonds is 5. The summed E-state index contributed by atoms with van der Waals surface area (Å²) in [6.45, 7) is 5.77. The number of β-amino-alcohol motifs (C(OH)–C–C–N with tert-alkyl or cyclic N) is 1. The zero-order valence-electron chi connectivity index (χ0n) is 18.0. The third-order valence-corrected chi connectivity index (χ3v) is 7.19. The van der Waals surface area contributed by atoms with Gasteiger partial charge in [0.2, 0.25) is 10.9 Å². The largest absolute Gasteiger partial charge is 0.385 e. The average molecular weight is 438 g/mol. The van der Waals surface area contributed by atoms with Crippen molar-refractivity contribution in [2.45, 2.75) is 38.7 Å². The van der Waals surface area contributed by atoms with Crippen LogP contribution in [0.25, 0.3) is 5.82 Å². The Balaban J connectivity index is 1.13. The van der Waals surface area contributed by atoms with Crippen LogP contribution >= 0.6 is 0 Å². The van der Waals surface area contributed by atoms with Crippen LogP contribution in [0.4, 0.5) is 5.69 Å². The Morgan fingerprint density at radius 3 is 2.34 bits per heavy atom. The lowest BCUT2D eigenvalue weighted by molar-refractivity contribution is 0.0436. The number of aromatic nitrogens is 6. The number of tetrazole rings is 1. The Morgan fingerprint density at radius 2 is 1.75 bits per heavy atom. The quantitative estimate of drug-likeness (QED) is 0.533. The minimum Gasteiger partial charge on any atom is -0.385 e. The molecule has 1 N–H and O–H groups in total. The van der Waals surface area contributed by atoms with Crippen LogP contribution in [0, 0.1) is 12.3 Å². The number of nitrogens with zero attached hydrogens (tertiary/aromatic N) is 8. The monoisotopic (exact) mass is 438 g/mol. The predicted molar refractivity (Wildman–Crippen MR) is 115 cm³/mol. The van der Waals surface area contributed by atoms with Crippen LogP contribution < -0.4 is 15.8 Å². The van der Waals surface area contributed by atoms with E-state index < -0.39 is 6.10 Å². The summed E-state index contributed by atoms with van der Waals surface area (Å²) in [6.07, 6.45) is 8.05. The van der Waals surface area contributed by atoms with E-state index in [1.165, 1.54) is 11.0 Å². The summed E-state index contributed by atoms with van der Waals surface area (Å²) >= 11 is 0. The normalized spacial score (nSPS) is 20.1. The summed E-state index contributed by atoms with van der Waals surface area (Å²) in [4.78, 5) is 36.4. The SMILES string of the molecule is Cc1c(N2CCC3(CCN(CC(O)c4cnc(-n5cnnn5)cn4)CC3)CC2)c(=O)c1=O. The van der Waals surface area contributed by atoms with E-state index >= 15 is 0 Å². The van der Waals surface area contributed by atoms with Gasteiger partial charge in [-0.2, -0.15) is 4.68 Å². The maximum absolute atomic E-state index is 11.9. The summed E-state index contributed by atoms with van der Waals surface area (Å²) in [5.74, 6) is 0.496. The Bertz CT molecular complexity index is 1140. The van der Waals surface area contributed by atoms with E-state index in [9.17, 15) is 14.7 Å². The van der Waals surface area contributed by atoms with Crippen LogP contribution in [0.1, 0.15) is 43.0 Å². The lowest BCUT2D eigenvalue weighted by atomic mass is 9.71. The molecular formula is C21H26N8O3. The molecule has 2 fully saturated rings. The highest BCUT2D eigenvalue weighted by Crippen LogP contribution is 2.42. The van der Waals surface area contributed by atoms with E-state index in [1.54, 1.807) is 19.3 Å². The van der Waals surface area contributed by atoms with E-state index in [0.717, 1.165) is 51.9 Å². The minimum absolute atomic E-state index is 0.288. The molecule has 1 aromatic carbocycles. The fourth-order valence-electron chi connectivity index (χ4n) is 5.01. The first kappa shape index (κ1) is 20.8. The van der Waals surface area contributed by atoms with Crippen LogP contribution in [0.2, 0.25) is 0 Å². The fourth-order valence-corrected chi connectivity index (χ4v) is 5.01. The number of anilines is 1. The molecule has 32 heavy (non-hydrogen) atoms. The third kappa shape index (κ3) is 3.71. The van der Waals surface area contributed by atoms with Gasteiger partial charge < -0.3 is 14.9 Å². The number of likely N-dealkylation sites (tertiary alicyclic amines) is 1. The molecule has 11 nitrogen and oxygen atoms in total. The second-order valence-electron chi connectivity index (χ2n) is 8.99. The van der Waals surface area contributed by atoms with Crippen molar-refractivity contribution >= 4 is 5.69 Å². The van der Waals surface area contributed by atoms with E-state index in [1.807, 2.05) is 0 Å². The Morgan fingerprint density at radius 1 is 1.03 bits per heavy atom. The molecule has 0 amide bonds. The van der Waals surface area contributed by atoms with Crippen molar-refractivity contribution < 1.29 is 5.11 Å². The van der Waals surface area contributed by atoms with Gasteiger partial charge in [-0.25, -0.2) is 4.98 Å². The topological polar surface area (TPSA) is 130 Å². The van der Waals surface area contributed by atoms with Gasteiger partial charge in [-0.05, 0) is 61.5 Å². The molecule has 11 heteroatoms. The molecular weight excluding hydrogens is 412 g/mol. The smallest absolute Gasteiger partial charge is 0.249 e. The summed E-state index contributed by atoms with van der Waals surface area (Å²) in [6, 6.07) is 0. The van der Waals surface area contributed by atoms with Crippen LogP contribution in [0.5, 0.6) is 0 Å². The molecule has 0 bridgehead atoms. The minimum atomic E-state index is -0.710. The maximum Gasteiger partial charge on any atom is 0.249 e. The van der Waals surface area contributed by atoms with E-state index in [0.29, 0.717) is 29.3 Å². The van der Waals surface area contributed by atoms with E-state index in [4.69, 9.17) is 0 Å². The Hall–Kier alpha value is -3.05. The van der Waals surface area contributed by atoms with Gasteiger partial charge in [0.1, 0.15) is 12.4 Å². The van der Waals surface area contributed by atoms with Gasteiger partial charge >= 0.3 is 0 Å². The molecule has 4 heterocycles. The van der Waals surface area contributed by atoms with Gasteiger partial charge in [-0.15, -0.1) is 5.10 Å². The predicted octanol–water partition coefficient (Wildman–Crippen LogP) is -0.227. The summed E-state index contributed by atoms with van der Waals surface area (Å²) in [7, 11) is 0. The highest BCUT2D eigenvalue weighted by atomic mass is 16.3. The lowest BCUT2D eigenvalue weighted by Gasteiger charge is -2.47. The molecule has 5 rings (SSSR count).